The fourth-order valence-electron chi connectivity index (χ4n) is 1.82. The molecule has 0 aliphatic rings. The van der Waals surface area contributed by atoms with Gasteiger partial charge >= 0.3 is 29.6 Å². The van der Waals surface area contributed by atoms with Crippen molar-refractivity contribution in [2.45, 2.75) is 6.54 Å². The maximum Gasteiger partial charge on any atom is 1.00 e. The van der Waals surface area contributed by atoms with Crippen molar-refractivity contribution >= 4 is 5.91 Å². The van der Waals surface area contributed by atoms with Crippen LogP contribution in [-0.4, -0.2) is 28.3 Å². The molecule has 0 saturated heterocycles. The summed E-state index contributed by atoms with van der Waals surface area (Å²) >= 11 is 0. The molecule has 6 nitrogen and oxygen atoms in total. The first-order valence-electron chi connectivity index (χ1n) is 6.17. The molecule has 0 aliphatic heterocycles. The van der Waals surface area contributed by atoms with Gasteiger partial charge in [-0.3, -0.25) is 4.79 Å². The zero-order chi connectivity index (χ0) is 15.4. The molecule has 0 aromatic heterocycles. The van der Waals surface area contributed by atoms with E-state index in [1.165, 1.54) is 25.3 Å². The van der Waals surface area contributed by atoms with Gasteiger partial charge in [0, 0.05) is 12.6 Å². The predicted octanol–water partition coefficient (Wildman–Crippen LogP) is -1.25. The van der Waals surface area contributed by atoms with Crippen LogP contribution in [-0.2, 0) is 6.54 Å². The van der Waals surface area contributed by atoms with Gasteiger partial charge < -0.3 is 25.4 Å². The number of benzene rings is 2. The molecule has 0 heterocycles. The van der Waals surface area contributed by atoms with E-state index in [9.17, 15) is 20.1 Å². The van der Waals surface area contributed by atoms with Gasteiger partial charge in [-0.1, -0.05) is 6.07 Å². The molecule has 0 fully saturated rings. The number of methoxy groups -OCH3 is 1. The van der Waals surface area contributed by atoms with Gasteiger partial charge in [-0.25, -0.2) is 0 Å². The van der Waals surface area contributed by atoms with Crippen LogP contribution >= 0.6 is 0 Å². The smallest absolute Gasteiger partial charge is 0.508 e. The Morgan fingerprint density at radius 3 is 2.45 bits per heavy atom. The van der Waals surface area contributed by atoms with E-state index >= 15 is 0 Å². The molecule has 4 N–H and O–H groups in total. The van der Waals surface area contributed by atoms with Crippen molar-refractivity contribution < 1.29 is 54.4 Å². The summed E-state index contributed by atoms with van der Waals surface area (Å²) in [6.07, 6.45) is 0. The zero-order valence-corrected chi connectivity index (χ0v) is 14.3. The van der Waals surface area contributed by atoms with E-state index in [4.69, 9.17) is 4.74 Å². The van der Waals surface area contributed by atoms with E-state index in [2.05, 4.69) is 5.32 Å². The minimum Gasteiger partial charge on any atom is -0.508 e. The van der Waals surface area contributed by atoms with Gasteiger partial charge in [0.05, 0.1) is 12.7 Å². The van der Waals surface area contributed by atoms with Crippen molar-refractivity contribution in [3.63, 3.8) is 0 Å². The maximum atomic E-state index is 11.9. The van der Waals surface area contributed by atoms with E-state index in [0.29, 0.717) is 5.75 Å². The first-order valence-corrected chi connectivity index (χ1v) is 6.17. The number of phenolic OH excluding ortho intramolecular Hbond substituents is 3. The fourth-order valence-corrected chi connectivity index (χ4v) is 1.82. The number of hydrogen-bond acceptors (Lipinski definition) is 5. The summed E-state index contributed by atoms with van der Waals surface area (Å²) in [4.78, 5) is 11.9. The number of rotatable bonds is 4. The Hall–Kier alpha value is -1.89. The van der Waals surface area contributed by atoms with Crippen LogP contribution in [0.25, 0.3) is 0 Å². The minimum absolute atomic E-state index is 0. The summed E-state index contributed by atoms with van der Waals surface area (Å²) in [6, 6.07) is 8.47. The standard InChI is InChI=1S/C15H15NO5.Na/c1-21-14-6-9(2-5-12(14)18)8-16-15(20)11-4-3-10(17)7-13(11)19;/h2-7,17-19H,8H2,1H3,(H,16,20);/q;+1. The molecule has 2 aromatic carbocycles. The molecule has 0 unspecified atom stereocenters. The molecule has 2 aromatic rings. The van der Waals surface area contributed by atoms with Crippen LogP contribution in [0.2, 0.25) is 0 Å². The average molecular weight is 312 g/mol. The monoisotopic (exact) mass is 312 g/mol. The Bertz CT molecular complexity index is 675. The number of carbonyl (C=O) groups excluding carboxylic acids is 1. The summed E-state index contributed by atoms with van der Waals surface area (Å²) in [6.45, 7) is 0.204. The second-order valence-electron chi connectivity index (χ2n) is 4.39. The number of hydrogen-bond donors (Lipinski definition) is 4. The van der Waals surface area contributed by atoms with Crippen LogP contribution in [0, 0.1) is 0 Å². The van der Waals surface area contributed by atoms with Crippen molar-refractivity contribution in [1.82, 2.24) is 5.32 Å². The van der Waals surface area contributed by atoms with Crippen LogP contribution in [0.5, 0.6) is 23.0 Å². The van der Waals surface area contributed by atoms with Crippen molar-refractivity contribution in [2.24, 2.45) is 0 Å². The van der Waals surface area contributed by atoms with Crippen LogP contribution < -0.4 is 39.6 Å². The van der Waals surface area contributed by atoms with Crippen LogP contribution in [0.1, 0.15) is 15.9 Å². The molecule has 0 aliphatic carbocycles. The van der Waals surface area contributed by atoms with E-state index < -0.39 is 5.91 Å². The van der Waals surface area contributed by atoms with Gasteiger partial charge in [-0.2, -0.15) is 0 Å². The fraction of sp³-hybridized carbons (Fsp3) is 0.133. The number of amides is 1. The molecule has 0 radical (unpaired) electrons. The molecule has 0 bridgehead atoms. The summed E-state index contributed by atoms with van der Waals surface area (Å²) in [7, 11) is 1.44. The summed E-state index contributed by atoms with van der Waals surface area (Å²) < 4.78 is 4.98. The second-order valence-corrected chi connectivity index (χ2v) is 4.39. The largest absolute Gasteiger partial charge is 1.00 e. The molecule has 110 valence electrons. The topological polar surface area (TPSA) is 99.0 Å². The number of ether oxygens (including phenoxy) is 1. The number of nitrogens with one attached hydrogen (secondary N) is 1. The molecule has 0 spiro atoms. The van der Waals surface area contributed by atoms with Gasteiger partial charge in [0.15, 0.2) is 11.5 Å². The third-order valence-corrected chi connectivity index (χ3v) is 2.92. The van der Waals surface area contributed by atoms with E-state index in [1.54, 1.807) is 12.1 Å². The number of aromatic hydroxyl groups is 3. The molecular formula is C15H15NNaO5+. The van der Waals surface area contributed by atoms with Gasteiger partial charge in [0.2, 0.25) is 0 Å². The molecule has 1 amide bonds. The molecule has 2 rings (SSSR count). The average Bonchev–Trinajstić information content (AvgIpc) is 2.46. The Labute approximate surface area is 149 Å². The zero-order valence-electron chi connectivity index (χ0n) is 12.3. The molecule has 0 atom stereocenters. The van der Waals surface area contributed by atoms with Crippen molar-refractivity contribution in [2.75, 3.05) is 7.11 Å². The first-order chi connectivity index (χ1) is 10.0. The SMILES string of the molecule is COc1cc(CNC(=O)c2ccc(O)cc2O)ccc1O.[Na+]. The summed E-state index contributed by atoms with van der Waals surface area (Å²) in [5, 5.41) is 30.9. The van der Waals surface area contributed by atoms with E-state index in [1.807, 2.05) is 0 Å². The van der Waals surface area contributed by atoms with Crippen molar-refractivity contribution in [1.29, 1.82) is 0 Å². The molecule has 0 saturated carbocycles. The normalized spacial score (nSPS) is 9.68. The quantitative estimate of drug-likeness (QED) is 0.529. The molecule has 7 heteroatoms. The van der Waals surface area contributed by atoms with Crippen molar-refractivity contribution in [3.05, 3.63) is 47.5 Å². The Kier molecular flexibility index (Phi) is 6.55. The van der Waals surface area contributed by atoms with Gasteiger partial charge in [-0.05, 0) is 29.8 Å². The third-order valence-electron chi connectivity index (χ3n) is 2.92. The third kappa shape index (κ3) is 4.30. The Balaban J connectivity index is 0.00000242. The summed E-state index contributed by atoms with van der Waals surface area (Å²) in [5.74, 6) is -0.555. The van der Waals surface area contributed by atoms with Crippen molar-refractivity contribution in [3.8, 4) is 23.0 Å². The molecular weight excluding hydrogens is 297 g/mol. The molecule has 22 heavy (non-hydrogen) atoms. The van der Waals surface area contributed by atoms with Crippen LogP contribution in [0.3, 0.4) is 0 Å². The maximum absolute atomic E-state index is 11.9. The number of phenols is 3. The van der Waals surface area contributed by atoms with Gasteiger partial charge in [0.1, 0.15) is 11.5 Å². The predicted molar refractivity (Wildman–Crippen MR) is 75.6 cm³/mol. The van der Waals surface area contributed by atoms with Gasteiger partial charge in [0.25, 0.3) is 5.91 Å². The van der Waals surface area contributed by atoms with Crippen LogP contribution in [0.15, 0.2) is 36.4 Å². The van der Waals surface area contributed by atoms with E-state index in [-0.39, 0.29) is 58.9 Å². The van der Waals surface area contributed by atoms with Crippen LogP contribution in [0.4, 0.5) is 0 Å². The summed E-state index contributed by atoms with van der Waals surface area (Å²) in [5.41, 5.74) is 0.801. The Morgan fingerprint density at radius 1 is 1.09 bits per heavy atom. The second kappa shape index (κ2) is 7.93. The minimum atomic E-state index is -0.473. The van der Waals surface area contributed by atoms with E-state index in [0.717, 1.165) is 11.6 Å². The Morgan fingerprint density at radius 2 is 1.82 bits per heavy atom. The number of carbonyl (C=O) groups is 1. The van der Waals surface area contributed by atoms with Gasteiger partial charge in [-0.15, -0.1) is 0 Å². The first kappa shape index (κ1) is 18.2.